The SMILES string of the molecule is CCCOc1cc(N)cc(NCC(C)S(C)=O)c1. The first kappa shape index (κ1) is 14.8. The van der Waals surface area contributed by atoms with Crippen LogP contribution >= 0.6 is 0 Å². The molecular weight excluding hydrogens is 248 g/mol. The van der Waals surface area contributed by atoms with Gasteiger partial charge in [-0.15, -0.1) is 0 Å². The Morgan fingerprint density at radius 3 is 2.78 bits per heavy atom. The van der Waals surface area contributed by atoms with Crippen molar-refractivity contribution in [3.05, 3.63) is 18.2 Å². The van der Waals surface area contributed by atoms with Crippen molar-refractivity contribution in [3.8, 4) is 5.75 Å². The van der Waals surface area contributed by atoms with Crippen molar-refractivity contribution < 1.29 is 8.95 Å². The highest BCUT2D eigenvalue weighted by Gasteiger charge is 2.06. The van der Waals surface area contributed by atoms with E-state index < -0.39 is 10.8 Å². The Bertz CT molecular complexity index is 410. The number of anilines is 2. The smallest absolute Gasteiger partial charge is 0.123 e. The van der Waals surface area contributed by atoms with E-state index >= 15 is 0 Å². The van der Waals surface area contributed by atoms with Gasteiger partial charge in [0.2, 0.25) is 0 Å². The lowest BCUT2D eigenvalue weighted by molar-refractivity contribution is 0.318. The molecule has 102 valence electrons. The Morgan fingerprint density at radius 1 is 1.44 bits per heavy atom. The molecule has 3 N–H and O–H groups in total. The van der Waals surface area contributed by atoms with E-state index in [4.69, 9.17) is 10.5 Å². The molecule has 0 aliphatic carbocycles. The first-order valence-corrected chi connectivity index (χ1v) is 7.74. The zero-order chi connectivity index (χ0) is 13.5. The van der Waals surface area contributed by atoms with Crippen LogP contribution in [-0.2, 0) is 10.8 Å². The molecule has 0 amide bonds. The van der Waals surface area contributed by atoms with Crippen molar-refractivity contribution in [3.63, 3.8) is 0 Å². The number of hydrogen-bond acceptors (Lipinski definition) is 4. The summed E-state index contributed by atoms with van der Waals surface area (Å²) in [7, 11) is -0.824. The second kappa shape index (κ2) is 7.26. The van der Waals surface area contributed by atoms with Crippen LogP contribution in [0.25, 0.3) is 0 Å². The maximum atomic E-state index is 11.3. The molecule has 0 spiro atoms. The Kier molecular flexibility index (Phi) is 5.98. The minimum absolute atomic E-state index is 0.103. The predicted molar refractivity (Wildman–Crippen MR) is 78.7 cm³/mol. The molecule has 0 fully saturated rings. The Morgan fingerprint density at radius 2 is 2.17 bits per heavy atom. The summed E-state index contributed by atoms with van der Waals surface area (Å²) in [6.07, 6.45) is 2.67. The molecule has 4 nitrogen and oxygen atoms in total. The lowest BCUT2D eigenvalue weighted by Gasteiger charge is -2.13. The number of ether oxygens (including phenoxy) is 1. The standard InChI is InChI=1S/C13H22N2O2S/c1-4-5-17-13-7-11(14)6-12(8-13)15-9-10(2)18(3)16/h6-8,10,15H,4-5,9,14H2,1-3H3. The van der Waals surface area contributed by atoms with Crippen LogP contribution in [0.2, 0.25) is 0 Å². The fourth-order valence-corrected chi connectivity index (χ4v) is 1.72. The van der Waals surface area contributed by atoms with Crippen LogP contribution in [0.3, 0.4) is 0 Å². The van der Waals surface area contributed by atoms with Gasteiger partial charge in [-0.2, -0.15) is 0 Å². The van der Waals surface area contributed by atoms with Crippen molar-refractivity contribution in [1.82, 2.24) is 0 Å². The number of nitrogen functional groups attached to an aromatic ring is 1. The summed E-state index contributed by atoms with van der Waals surface area (Å²) in [5.74, 6) is 0.768. The first-order chi connectivity index (χ1) is 8.52. The molecule has 2 unspecified atom stereocenters. The molecule has 0 radical (unpaired) electrons. The van der Waals surface area contributed by atoms with E-state index in [2.05, 4.69) is 12.2 Å². The molecule has 5 heteroatoms. The Labute approximate surface area is 111 Å². The summed E-state index contributed by atoms with van der Waals surface area (Å²) in [4.78, 5) is 0. The van der Waals surface area contributed by atoms with Crippen LogP contribution in [0.15, 0.2) is 18.2 Å². The normalized spacial score (nSPS) is 13.9. The lowest BCUT2D eigenvalue weighted by atomic mass is 10.2. The van der Waals surface area contributed by atoms with Gasteiger partial charge in [-0.25, -0.2) is 0 Å². The lowest BCUT2D eigenvalue weighted by Crippen LogP contribution is -2.20. The summed E-state index contributed by atoms with van der Waals surface area (Å²) in [5.41, 5.74) is 7.38. The fourth-order valence-electron chi connectivity index (χ4n) is 1.41. The monoisotopic (exact) mass is 270 g/mol. The number of benzene rings is 1. The molecule has 1 aromatic carbocycles. The zero-order valence-electron chi connectivity index (χ0n) is 11.2. The average molecular weight is 270 g/mol. The van der Waals surface area contributed by atoms with Gasteiger partial charge >= 0.3 is 0 Å². The highest BCUT2D eigenvalue weighted by molar-refractivity contribution is 7.84. The predicted octanol–water partition coefficient (Wildman–Crippen LogP) is 2.24. The summed E-state index contributed by atoms with van der Waals surface area (Å²) < 4.78 is 16.8. The summed E-state index contributed by atoms with van der Waals surface area (Å²) in [6.45, 7) is 5.34. The third kappa shape index (κ3) is 4.96. The van der Waals surface area contributed by atoms with Gasteiger partial charge in [-0.3, -0.25) is 4.21 Å². The molecule has 0 aliphatic rings. The van der Waals surface area contributed by atoms with Crippen molar-refractivity contribution in [2.24, 2.45) is 0 Å². The minimum Gasteiger partial charge on any atom is -0.493 e. The minimum atomic E-state index is -0.824. The first-order valence-electron chi connectivity index (χ1n) is 6.12. The maximum Gasteiger partial charge on any atom is 0.123 e. The molecule has 1 aromatic rings. The van der Waals surface area contributed by atoms with Crippen LogP contribution in [0.4, 0.5) is 11.4 Å². The van der Waals surface area contributed by atoms with E-state index in [1.165, 1.54) is 0 Å². The van der Waals surface area contributed by atoms with Gasteiger partial charge in [-0.05, 0) is 19.4 Å². The summed E-state index contributed by atoms with van der Waals surface area (Å²) in [5, 5.41) is 3.33. The third-order valence-electron chi connectivity index (χ3n) is 2.56. The molecule has 0 bridgehead atoms. The quantitative estimate of drug-likeness (QED) is 0.746. The van der Waals surface area contributed by atoms with Crippen LogP contribution in [0.1, 0.15) is 20.3 Å². The Balaban J connectivity index is 2.64. The van der Waals surface area contributed by atoms with Crippen LogP contribution in [-0.4, -0.2) is 28.9 Å². The molecule has 0 aliphatic heterocycles. The Hall–Kier alpha value is -1.23. The topological polar surface area (TPSA) is 64.3 Å². The largest absolute Gasteiger partial charge is 0.493 e. The molecule has 0 heterocycles. The number of nitrogens with one attached hydrogen (secondary N) is 1. The van der Waals surface area contributed by atoms with E-state index in [9.17, 15) is 4.21 Å². The van der Waals surface area contributed by atoms with Gasteiger partial charge in [0.15, 0.2) is 0 Å². The van der Waals surface area contributed by atoms with Gasteiger partial charge < -0.3 is 15.8 Å². The van der Waals surface area contributed by atoms with Crippen molar-refractivity contribution in [2.45, 2.75) is 25.5 Å². The van der Waals surface area contributed by atoms with Crippen LogP contribution < -0.4 is 15.8 Å². The van der Waals surface area contributed by atoms with Crippen molar-refractivity contribution in [1.29, 1.82) is 0 Å². The van der Waals surface area contributed by atoms with Gasteiger partial charge in [0.05, 0.1) is 6.61 Å². The van der Waals surface area contributed by atoms with E-state index in [0.29, 0.717) is 18.8 Å². The second-order valence-corrected chi connectivity index (χ2v) is 6.13. The van der Waals surface area contributed by atoms with Gasteiger partial charge in [0, 0.05) is 52.4 Å². The molecule has 1 rings (SSSR count). The molecule has 2 atom stereocenters. The number of nitrogens with two attached hydrogens (primary N) is 1. The van der Waals surface area contributed by atoms with Gasteiger partial charge in [-0.1, -0.05) is 6.92 Å². The highest BCUT2D eigenvalue weighted by Crippen LogP contribution is 2.22. The van der Waals surface area contributed by atoms with E-state index in [0.717, 1.165) is 17.9 Å². The number of hydrogen-bond donors (Lipinski definition) is 2. The molecule has 0 saturated heterocycles. The zero-order valence-corrected chi connectivity index (χ0v) is 12.0. The highest BCUT2D eigenvalue weighted by atomic mass is 32.2. The maximum absolute atomic E-state index is 11.3. The molecule has 18 heavy (non-hydrogen) atoms. The van der Waals surface area contributed by atoms with Gasteiger partial charge in [0.25, 0.3) is 0 Å². The van der Waals surface area contributed by atoms with E-state index in [1.54, 1.807) is 6.26 Å². The fraction of sp³-hybridized carbons (Fsp3) is 0.538. The van der Waals surface area contributed by atoms with Crippen LogP contribution in [0.5, 0.6) is 5.75 Å². The van der Waals surface area contributed by atoms with Crippen LogP contribution in [0, 0.1) is 0 Å². The van der Waals surface area contributed by atoms with Gasteiger partial charge in [0.1, 0.15) is 5.75 Å². The number of rotatable bonds is 7. The molecule has 0 saturated carbocycles. The van der Waals surface area contributed by atoms with Crippen molar-refractivity contribution in [2.75, 3.05) is 30.5 Å². The van der Waals surface area contributed by atoms with E-state index in [1.807, 2.05) is 25.1 Å². The molecular formula is C13H22N2O2S. The third-order valence-corrected chi connectivity index (χ3v) is 3.86. The summed E-state index contributed by atoms with van der Waals surface area (Å²) >= 11 is 0. The second-order valence-electron chi connectivity index (χ2n) is 4.33. The molecule has 0 aromatic heterocycles. The average Bonchev–Trinajstić information content (AvgIpc) is 2.32. The van der Waals surface area contributed by atoms with E-state index in [-0.39, 0.29) is 5.25 Å². The summed E-state index contributed by atoms with van der Waals surface area (Å²) in [6, 6.07) is 5.57. The van der Waals surface area contributed by atoms with Crippen molar-refractivity contribution >= 4 is 22.2 Å².